The molecule has 210 valence electrons. The number of aromatic amines is 1. The van der Waals surface area contributed by atoms with Gasteiger partial charge in [-0.1, -0.05) is 50.2 Å². The Hall–Kier alpha value is -4.39. The summed E-state index contributed by atoms with van der Waals surface area (Å²) in [5.74, 6) is -0.344. The number of rotatable bonds is 10. The second kappa shape index (κ2) is 11.6. The fourth-order valence-electron chi connectivity index (χ4n) is 4.26. The van der Waals surface area contributed by atoms with E-state index in [9.17, 15) is 13.2 Å². The largest absolute Gasteiger partial charge is 0.384 e. The lowest BCUT2D eigenvalue weighted by molar-refractivity contribution is 0.102. The number of thiazole rings is 1. The first-order chi connectivity index (χ1) is 19.6. The summed E-state index contributed by atoms with van der Waals surface area (Å²) in [6.45, 7) is 3.97. The predicted octanol–water partition coefficient (Wildman–Crippen LogP) is 4.94. The lowest BCUT2D eigenvalue weighted by Gasteiger charge is -2.18. The predicted molar refractivity (Wildman–Crippen MR) is 161 cm³/mol. The Kier molecular flexibility index (Phi) is 7.97. The highest BCUT2D eigenvalue weighted by molar-refractivity contribution is 7.89. The van der Waals surface area contributed by atoms with Crippen LogP contribution in [0.15, 0.2) is 83.8 Å². The minimum Gasteiger partial charge on any atom is -0.384 e. The van der Waals surface area contributed by atoms with Crippen LogP contribution >= 0.6 is 11.3 Å². The fourth-order valence-corrected chi connectivity index (χ4v) is 6.60. The molecule has 0 spiro atoms. The summed E-state index contributed by atoms with van der Waals surface area (Å²) >= 11 is 1.41. The first-order valence-corrected chi connectivity index (χ1v) is 15.2. The molecule has 0 saturated carbocycles. The van der Waals surface area contributed by atoms with Gasteiger partial charge in [-0.3, -0.25) is 15.3 Å². The molecule has 41 heavy (non-hydrogen) atoms. The molecule has 0 aliphatic carbocycles. The monoisotopic (exact) mass is 587 g/mol. The third kappa shape index (κ3) is 6.51. The van der Waals surface area contributed by atoms with Gasteiger partial charge in [0.2, 0.25) is 10.0 Å². The second-order valence-corrected chi connectivity index (χ2v) is 12.6. The minimum atomic E-state index is -4.05. The molecule has 6 N–H and O–H groups in total. The number of hydrogen-bond donors (Lipinski definition) is 5. The van der Waals surface area contributed by atoms with Gasteiger partial charge < -0.3 is 11.1 Å². The zero-order chi connectivity index (χ0) is 29.1. The van der Waals surface area contributed by atoms with Crippen molar-refractivity contribution in [3.63, 3.8) is 0 Å². The first-order valence-electron chi connectivity index (χ1n) is 12.9. The van der Waals surface area contributed by atoms with Crippen LogP contribution in [0.2, 0.25) is 0 Å². The molecule has 3 aromatic carbocycles. The van der Waals surface area contributed by atoms with Gasteiger partial charge in [0.15, 0.2) is 5.69 Å². The molecule has 0 aliphatic rings. The Morgan fingerprint density at radius 2 is 1.83 bits per heavy atom. The van der Waals surface area contributed by atoms with Crippen molar-refractivity contribution in [3.8, 4) is 0 Å². The van der Waals surface area contributed by atoms with Crippen molar-refractivity contribution >= 4 is 49.0 Å². The zero-order valence-corrected chi connectivity index (χ0v) is 24.0. The SMILES string of the molecule is CC(C)c1cc(C(=O)Nc2cccc(S(=O)(=O)NC(Cc3cccc(C(=N)N)c3)c3nc4ccccc4s3)c2)n[nH]1. The number of aromatic nitrogens is 3. The molecule has 2 aromatic heterocycles. The number of carbonyl (C=O) groups is 1. The highest BCUT2D eigenvalue weighted by Gasteiger charge is 2.25. The second-order valence-electron chi connectivity index (χ2n) is 9.86. The number of anilines is 1. The summed E-state index contributed by atoms with van der Waals surface area (Å²) in [6.07, 6.45) is 0.286. The van der Waals surface area contributed by atoms with Crippen molar-refractivity contribution in [1.82, 2.24) is 19.9 Å². The molecule has 0 fully saturated rings. The molecular formula is C29H29N7O3S2. The summed E-state index contributed by atoms with van der Waals surface area (Å²) in [6, 6.07) is 21.8. The van der Waals surface area contributed by atoms with E-state index < -0.39 is 22.0 Å². The number of hydrogen-bond acceptors (Lipinski definition) is 7. The number of carbonyl (C=O) groups excluding carboxylic acids is 1. The molecule has 2 heterocycles. The van der Waals surface area contributed by atoms with E-state index in [1.165, 1.54) is 23.5 Å². The third-order valence-electron chi connectivity index (χ3n) is 6.44. The number of para-hydroxylation sites is 1. The Balaban J connectivity index is 1.42. The van der Waals surface area contributed by atoms with Crippen molar-refractivity contribution < 1.29 is 13.2 Å². The van der Waals surface area contributed by atoms with E-state index in [0.29, 0.717) is 16.3 Å². The smallest absolute Gasteiger partial charge is 0.276 e. The molecule has 12 heteroatoms. The molecule has 0 bridgehead atoms. The van der Waals surface area contributed by atoms with Gasteiger partial charge in [0.05, 0.1) is 21.2 Å². The number of benzene rings is 3. The van der Waals surface area contributed by atoms with E-state index in [-0.39, 0.29) is 28.8 Å². The minimum absolute atomic E-state index is 0.0104. The van der Waals surface area contributed by atoms with Crippen molar-refractivity contribution in [2.24, 2.45) is 5.73 Å². The lowest BCUT2D eigenvalue weighted by atomic mass is 10.0. The van der Waals surface area contributed by atoms with Crippen molar-refractivity contribution in [2.75, 3.05) is 5.32 Å². The summed E-state index contributed by atoms with van der Waals surface area (Å²) in [4.78, 5) is 17.4. The molecular weight excluding hydrogens is 558 g/mol. The van der Waals surface area contributed by atoms with E-state index in [4.69, 9.17) is 16.1 Å². The van der Waals surface area contributed by atoms with Gasteiger partial charge in [-0.25, -0.2) is 18.1 Å². The Morgan fingerprint density at radius 1 is 1.05 bits per heavy atom. The van der Waals surface area contributed by atoms with Crippen molar-refractivity contribution in [1.29, 1.82) is 5.41 Å². The standard InChI is InChI=1S/C29H29N7O3S2/c1-17(2)23-16-24(35-34-23)28(37)32-20-9-6-10-21(15-20)41(38,39)36-25(14-18-7-5-8-19(13-18)27(30)31)29-33-22-11-3-4-12-26(22)40-29/h3-13,15-17,25,36H,14H2,1-2H3,(H3,30,31)(H,32,37)(H,34,35). The number of sulfonamides is 1. The molecule has 1 amide bonds. The van der Waals surface area contributed by atoms with Gasteiger partial charge in [-0.2, -0.15) is 5.10 Å². The lowest BCUT2D eigenvalue weighted by Crippen LogP contribution is -2.30. The maximum atomic E-state index is 13.7. The Morgan fingerprint density at radius 3 is 2.56 bits per heavy atom. The van der Waals surface area contributed by atoms with Crippen LogP contribution in [0, 0.1) is 5.41 Å². The van der Waals surface area contributed by atoms with E-state index in [1.54, 1.807) is 36.4 Å². The van der Waals surface area contributed by atoms with Crippen LogP contribution in [0.3, 0.4) is 0 Å². The normalized spacial score (nSPS) is 12.5. The molecule has 0 aliphatic heterocycles. The first kappa shape index (κ1) is 28.1. The van der Waals surface area contributed by atoms with E-state index in [0.717, 1.165) is 21.5 Å². The van der Waals surface area contributed by atoms with E-state index in [1.807, 2.05) is 44.2 Å². The average molecular weight is 588 g/mol. The van der Waals surface area contributed by atoms with Crippen LogP contribution in [0.4, 0.5) is 5.69 Å². The van der Waals surface area contributed by atoms with Crippen LogP contribution in [0.25, 0.3) is 10.2 Å². The van der Waals surface area contributed by atoms with Gasteiger partial charge >= 0.3 is 0 Å². The number of amidine groups is 1. The number of nitrogens with one attached hydrogen (secondary N) is 4. The number of amides is 1. The van der Waals surface area contributed by atoms with Crippen molar-refractivity contribution in [3.05, 3.63) is 106 Å². The van der Waals surface area contributed by atoms with E-state index in [2.05, 4.69) is 20.2 Å². The van der Waals surface area contributed by atoms with Gasteiger partial charge in [0.1, 0.15) is 10.8 Å². The summed E-state index contributed by atoms with van der Waals surface area (Å²) < 4.78 is 31.1. The van der Waals surface area contributed by atoms with Crippen LogP contribution < -0.4 is 15.8 Å². The summed E-state index contributed by atoms with van der Waals surface area (Å²) in [5, 5.41) is 18.0. The third-order valence-corrected chi connectivity index (χ3v) is 9.06. The van der Waals surface area contributed by atoms with Crippen LogP contribution in [-0.2, 0) is 16.4 Å². The Bertz CT molecular complexity index is 1810. The highest BCUT2D eigenvalue weighted by atomic mass is 32.2. The maximum absolute atomic E-state index is 13.7. The van der Waals surface area contributed by atoms with Gasteiger partial charge in [-0.05, 0) is 60.4 Å². The molecule has 1 atom stereocenters. The van der Waals surface area contributed by atoms with Gasteiger partial charge in [0, 0.05) is 16.9 Å². The quantitative estimate of drug-likeness (QED) is 0.115. The number of H-pyrrole nitrogens is 1. The highest BCUT2D eigenvalue weighted by Crippen LogP contribution is 2.30. The average Bonchev–Trinajstić information content (AvgIpc) is 3.61. The van der Waals surface area contributed by atoms with Crippen LogP contribution in [-0.4, -0.2) is 35.3 Å². The maximum Gasteiger partial charge on any atom is 0.276 e. The molecule has 5 rings (SSSR count). The summed E-state index contributed by atoms with van der Waals surface area (Å²) in [7, 11) is -4.05. The van der Waals surface area contributed by atoms with Crippen LogP contribution in [0.5, 0.6) is 0 Å². The Labute approximate surface area is 241 Å². The topological polar surface area (TPSA) is 167 Å². The molecule has 0 saturated heterocycles. The number of fused-ring (bicyclic) bond motifs is 1. The number of nitrogens with two attached hydrogens (primary N) is 1. The number of nitrogen functional groups attached to an aromatic ring is 1. The van der Waals surface area contributed by atoms with Crippen LogP contribution in [0.1, 0.15) is 58.1 Å². The summed E-state index contributed by atoms with van der Waals surface area (Å²) in [5.41, 5.74) is 9.16. The number of nitrogens with zero attached hydrogens (tertiary/aromatic N) is 2. The molecule has 1 unspecified atom stereocenters. The zero-order valence-electron chi connectivity index (χ0n) is 22.4. The van der Waals surface area contributed by atoms with E-state index >= 15 is 0 Å². The van der Waals surface area contributed by atoms with Gasteiger partial charge in [-0.15, -0.1) is 11.3 Å². The molecule has 10 nitrogen and oxygen atoms in total. The molecule has 0 radical (unpaired) electrons. The fraction of sp³-hybridized carbons (Fsp3) is 0.172. The molecule has 5 aromatic rings. The van der Waals surface area contributed by atoms with Gasteiger partial charge in [0.25, 0.3) is 5.91 Å². The van der Waals surface area contributed by atoms with Crippen molar-refractivity contribution in [2.45, 2.75) is 37.1 Å².